The topological polar surface area (TPSA) is 51.0 Å². The molecular weight excluding hydrogens is 286 g/mol. The molecule has 3 rings (SSSR count). The molecule has 3 aromatic rings. The van der Waals surface area contributed by atoms with Gasteiger partial charge >= 0.3 is 0 Å². The van der Waals surface area contributed by atoms with Gasteiger partial charge in [0.1, 0.15) is 5.82 Å². The number of fused-ring (bicyclic) bond motifs is 1. The maximum absolute atomic E-state index is 6.08. The zero-order valence-corrected chi connectivity index (χ0v) is 12.7. The zero-order valence-electron chi connectivity index (χ0n) is 11.9. The third kappa shape index (κ3) is 2.85. The minimum absolute atomic E-state index is 0.322. The van der Waals surface area contributed by atoms with E-state index in [1.165, 1.54) is 0 Å². The van der Waals surface area contributed by atoms with Crippen LogP contribution in [0.4, 0.5) is 5.82 Å². The van der Waals surface area contributed by atoms with Crippen molar-refractivity contribution in [3.8, 4) is 11.6 Å². The second kappa shape index (κ2) is 5.74. The maximum atomic E-state index is 6.08. The SMILES string of the molecule is CC[C@H](C)Nc1nc(-c2ccco2)nc2cc(Cl)ccc12. The van der Waals surface area contributed by atoms with Crippen molar-refractivity contribution in [2.75, 3.05) is 5.32 Å². The quantitative estimate of drug-likeness (QED) is 0.755. The Hall–Kier alpha value is -2.07. The van der Waals surface area contributed by atoms with Crippen LogP contribution in [0.5, 0.6) is 0 Å². The van der Waals surface area contributed by atoms with Crippen LogP contribution in [0.15, 0.2) is 41.0 Å². The maximum Gasteiger partial charge on any atom is 0.198 e. The van der Waals surface area contributed by atoms with E-state index in [-0.39, 0.29) is 0 Å². The summed E-state index contributed by atoms with van der Waals surface area (Å²) in [6, 6.07) is 9.62. The highest BCUT2D eigenvalue weighted by molar-refractivity contribution is 6.31. The number of hydrogen-bond acceptors (Lipinski definition) is 4. The zero-order chi connectivity index (χ0) is 14.8. The number of aromatic nitrogens is 2. The molecule has 1 atom stereocenters. The first kappa shape index (κ1) is 13.9. The monoisotopic (exact) mass is 301 g/mol. The molecule has 0 radical (unpaired) electrons. The number of anilines is 1. The Bertz CT molecular complexity index is 756. The highest BCUT2D eigenvalue weighted by Crippen LogP contribution is 2.27. The predicted molar refractivity (Wildman–Crippen MR) is 85.6 cm³/mol. The summed E-state index contributed by atoms with van der Waals surface area (Å²) < 4.78 is 5.40. The van der Waals surface area contributed by atoms with Gasteiger partial charge in [-0.3, -0.25) is 0 Å². The van der Waals surface area contributed by atoms with Gasteiger partial charge in [-0.2, -0.15) is 0 Å². The molecule has 0 spiro atoms. The lowest BCUT2D eigenvalue weighted by atomic mass is 10.2. The van der Waals surface area contributed by atoms with Gasteiger partial charge in [0.2, 0.25) is 0 Å². The van der Waals surface area contributed by atoms with Crippen molar-refractivity contribution in [2.24, 2.45) is 0 Å². The Kier molecular flexibility index (Phi) is 3.80. The molecule has 0 saturated carbocycles. The molecule has 0 bridgehead atoms. The normalized spacial score (nSPS) is 12.5. The molecule has 4 nitrogen and oxygen atoms in total. The van der Waals surface area contributed by atoms with Crippen LogP contribution in [0.1, 0.15) is 20.3 Å². The fourth-order valence-electron chi connectivity index (χ4n) is 2.06. The van der Waals surface area contributed by atoms with E-state index in [1.54, 1.807) is 6.26 Å². The van der Waals surface area contributed by atoms with Crippen molar-refractivity contribution in [2.45, 2.75) is 26.3 Å². The average molecular weight is 302 g/mol. The molecule has 0 saturated heterocycles. The number of nitrogens with zero attached hydrogens (tertiary/aromatic N) is 2. The molecule has 21 heavy (non-hydrogen) atoms. The molecule has 108 valence electrons. The van der Waals surface area contributed by atoms with E-state index in [9.17, 15) is 0 Å². The lowest BCUT2D eigenvalue weighted by Gasteiger charge is -2.15. The average Bonchev–Trinajstić information content (AvgIpc) is 3.00. The summed E-state index contributed by atoms with van der Waals surface area (Å²) in [6.45, 7) is 4.25. The lowest BCUT2D eigenvalue weighted by Crippen LogP contribution is -2.15. The van der Waals surface area contributed by atoms with E-state index in [0.717, 1.165) is 23.1 Å². The number of benzene rings is 1. The van der Waals surface area contributed by atoms with E-state index in [1.807, 2.05) is 30.3 Å². The molecule has 0 aliphatic rings. The lowest BCUT2D eigenvalue weighted by molar-refractivity contribution is 0.577. The summed E-state index contributed by atoms with van der Waals surface area (Å²) in [6.07, 6.45) is 2.62. The first-order chi connectivity index (χ1) is 10.2. The summed E-state index contributed by atoms with van der Waals surface area (Å²) in [5, 5.41) is 5.03. The van der Waals surface area contributed by atoms with Gasteiger partial charge in [0.15, 0.2) is 11.6 Å². The fraction of sp³-hybridized carbons (Fsp3) is 0.250. The van der Waals surface area contributed by atoms with Crippen LogP contribution in [0.2, 0.25) is 5.02 Å². The van der Waals surface area contributed by atoms with E-state index >= 15 is 0 Å². The largest absolute Gasteiger partial charge is 0.461 e. The van der Waals surface area contributed by atoms with Gasteiger partial charge < -0.3 is 9.73 Å². The second-order valence-corrected chi connectivity index (χ2v) is 5.42. The van der Waals surface area contributed by atoms with Gasteiger partial charge in [0.05, 0.1) is 11.8 Å². The summed E-state index contributed by atoms with van der Waals surface area (Å²) in [4.78, 5) is 9.14. The van der Waals surface area contributed by atoms with E-state index in [0.29, 0.717) is 22.6 Å². The summed E-state index contributed by atoms with van der Waals surface area (Å²) >= 11 is 6.08. The highest BCUT2D eigenvalue weighted by Gasteiger charge is 2.12. The van der Waals surface area contributed by atoms with Crippen LogP contribution in [0.3, 0.4) is 0 Å². The molecule has 5 heteroatoms. The van der Waals surface area contributed by atoms with Crippen molar-refractivity contribution in [1.82, 2.24) is 9.97 Å². The molecule has 0 amide bonds. The molecule has 1 N–H and O–H groups in total. The minimum atomic E-state index is 0.322. The summed E-state index contributed by atoms with van der Waals surface area (Å²) in [5.74, 6) is 2.00. The second-order valence-electron chi connectivity index (χ2n) is 4.99. The molecule has 0 unspecified atom stereocenters. The molecule has 0 aliphatic heterocycles. The van der Waals surface area contributed by atoms with Crippen LogP contribution in [0, 0.1) is 0 Å². The molecular formula is C16H16ClN3O. The van der Waals surface area contributed by atoms with Crippen LogP contribution in [-0.4, -0.2) is 16.0 Å². The van der Waals surface area contributed by atoms with Crippen LogP contribution in [0.25, 0.3) is 22.5 Å². The van der Waals surface area contributed by atoms with Gasteiger partial charge in [0.25, 0.3) is 0 Å². The van der Waals surface area contributed by atoms with E-state index in [2.05, 4.69) is 29.1 Å². The van der Waals surface area contributed by atoms with Crippen molar-refractivity contribution >= 4 is 28.3 Å². The van der Waals surface area contributed by atoms with Gasteiger partial charge in [-0.25, -0.2) is 9.97 Å². The van der Waals surface area contributed by atoms with Crippen LogP contribution < -0.4 is 5.32 Å². The van der Waals surface area contributed by atoms with Gasteiger partial charge in [0, 0.05) is 16.5 Å². The fourth-order valence-corrected chi connectivity index (χ4v) is 2.23. The van der Waals surface area contributed by atoms with Crippen molar-refractivity contribution in [3.63, 3.8) is 0 Å². The molecule has 2 heterocycles. The van der Waals surface area contributed by atoms with Gasteiger partial charge in [-0.05, 0) is 43.7 Å². The number of furan rings is 1. The first-order valence-electron chi connectivity index (χ1n) is 6.95. The molecule has 2 aromatic heterocycles. The smallest absolute Gasteiger partial charge is 0.198 e. The third-order valence-electron chi connectivity index (χ3n) is 3.40. The Morgan fingerprint density at radius 1 is 1.29 bits per heavy atom. The molecule has 0 aliphatic carbocycles. The number of hydrogen-bond donors (Lipinski definition) is 1. The van der Waals surface area contributed by atoms with Crippen molar-refractivity contribution in [3.05, 3.63) is 41.6 Å². The van der Waals surface area contributed by atoms with E-state index in [4.69, 9.17) is 16.0 Å². The van der Waals surface area contributed by atoms with Crippen molar-refractivity contribution in [1.29, 1.82) is 0 Å². The summed E-state index contributed by atoms with van der Waals surface area (Å²) in [7, 11) is 0. The Labute approximate surface area is 128 Å². The molecule has 1 aromatic carbocycles. The molecule has 0 fully saturated rings. The van der Waals surface area contributed by atoms with Crippen LogP contribution >= 0.6 is 11.6 Å². The Morgan fingerprint density at radius 3 is 2.86 bits per heavy atom. The number of halogens is 1. The standard InChI is InChI=1S/C16H16ClN3O/c1-3-10(2)18-15-12-7-6-11(17)9-13(12)19-16(20-15)14-5-4-8-21-14/h4-10H,3H2,1-2H3,(H,18,19,20)/t10-/m0/s1. The van der Waals surface area contributed by atoms with Crippen LogP contribution in [-0.2, 0) is 0 Å². The summed E-state index contributed by atoms with van der Waals surface area (Å²) in [5.41, 5.74) is 0.801. The third-order valence-corrected chi connectivity index (χ3v) is 3.63. The predicted octanol–water partition coefficient (Wildman–Crippen LogP) is 4.75. The first-order valence-corrected chi connectivity index (χ1v) is 7.33. The number of rotatable bonds is 4. The van der Waals surface area contributed by atoms with Crippen molar-refractivity contribution < 1.29 is 4.42 Å². The minimum Gasteiger partial charge on any atom is -0.461 e. The van der Waals surface area contributed by atoms with Gasteiger partial charge in [-0.1, -0.05) is 18.5 Å². The Balaban J connectivity index is 2.18. The Morgan fingerprint density at radius 2 is 2.14 bits per heavy atom. The van der Waals surface area contributed by atoms with E-state index < -0.39 is 0 Å². The highest BCUT2D eigenvalue weighted by atomic mass is 35.5. The van der Waals surface area contributed by atoms with Gasteiger partial charge in [-0.15, -0.1) is 0 Å². The number of nitrogens with one attached hydrogen (secondary N) is 1.